The summed E-state index contributed by atoms with van der Waals surface area (Å²) in [7, 11) is 0. The van der Waals surface area contributed by atoms with Gasteiger partial charge >= 0.3 is 6.03 Å². The van der Waals surface area contributed by atoms with Gasteiger partial charge in [-0.05, 0) is 24.0 Å². The van der Waals surface area contributed by atoms with Crippen LogP contribution in [0.25, 0.3) is 0 Å². The quantitative estimate of drug-likeness (QED) is 0.604. The van der Waals surface area contributed by atoms with E-state index in [0.717, 1.165) is 17.4 Å². The molecule has 1 heterocycles. The average Bonchev–Trinajstić information content (AvgIpc) is 2.83. The maximum absolute atomic E-state index is 13.0. The van der Waals surface area contributed by atoms with Crippen LogP contribution < -0.4 is 10.6 Å². The molecule has 164 valence electrons. The van der Waals surface area contributed by atoms with E-state index < -0.39 is 12.1 Å². The highest BCUT2D eigenvalue weighted by atomic mass is 16.5. The summed E-state index contributed by atoms with van der Waals surface area (Å²) in [5, 5.41) is 5.64. The molecule has 0 spiro atoms. The van der Waals surface area contributed by atoms with Gasteiger partial charge in [0.15, 0.2) is 0 Å². The van der Waals surface area contributed by atoms with Crippen molar-refractivity contribution >= 4 is 18.2 Å². The molecule has 31 heavy (non-hydrogen) atoms. The van der Waals surface area contributed by atoms with E-state index in [1.54, 1.807) is 4.90 Å². The number of aldehydes is 1. The molecule has 2 aromatic carbocycles. The summed E-state index contributed by atoms with van der Waals surface area (Å²) in [5.41, 5.74) is 2.03. The lowest BCUT2D eigenvalue weighted by molar-refractivity contribution is -0.125. The monoisotopic (exact) mass is 423 g/mol. The number of urea groups is 1. The Morgan fingerprint density at radius 1 is 0.935 bits per heavy atom. The number of aryl methyl sites for hydroxylation is 1. The van der Waals surface area contributed by atoms with Gasteiger partial charge in [0.2, 0.25) is 5.91 Å². The second-order valence-corrected chi connectivity index (χ2v) is 7.57. The Morgan fingerprint density at radius 3 is 2.16 bits per heavy atom. The van der Waals surface area contributed by atoms with Crippen LogP contribution in [-0.2, 0) is 27.2 Å². The predicted octanol–water partition coefficient (Wildman–Crippen LogP) is 1.96. The molecular weight excluding hydrogens is 394 g/mol. The SMILES string of the molecule is O=CC(CCc1ccccc1)NC(=O)C(Cc1ccccc1)NC(=O)N1CCOCC1. The lowest BCUT2D eigenvalue weighted by atomic mass is 10.0. The first-order valence-electron chi connectivity index (χ1n) is 10.6. The first-order chi connectivity index (χ1) is 15.2. The Labute approximate surface area is 182 Å². The molecule has 1 saturated heterocycles. The summed E-state index contributed by atoms with van der Waals surface area (Å²) in [6.45, 7) is 1.93. The molecule has 2 unspecified atom stereocenters. The van der Waals surface area contributed by atoms with Gasteiger partial charge in [0.25, 0.3) is 0 Å². The van der Waals surface area contributed by atoms with Crippen molar-refractivity contribution < 1.29 is 19.1 Å². The van der Waals surface area contributed by atoms with Crippen molar-refractivity contribution in [1.29, 1.82) is 0 Å². The van der Waals surface area contributed by atoms with Gasteiger partial charge in [0.1, 0.15) is 12.3 Å². The van der Waals surface area contributed by atoms with E-state index in [9.17, 15) is 14.4 Å². The number of carbonyl (C=O) groups excluding carboxylic acids is 3. The zero-order chi connectivity index (χ0) is 21.9. The fourth-order valence-corrected chi connectivity index (χ4v) is 3.49. The lowest BCUT2D eigenvalue weighted by Gasteiger charge is -2.29. The fraction of sp³-hybridized carbons (Fsp3) is 0.375. The average molecular weight is 424 g/mol. The standard InChI is InChI=1S/C24H29N3O4/c28-18-21(12-11-19-7-3-1-4-8-19)25-23(29)22(17-20-9-5-2-6-10-20)26-24(30)27-13-15-31-16-14-27/h1-10,18,21-22H,11-17H2,(H,25,29)(H,26,30). The first-order valence-corrected chi connectivity index (χ1v) is 10.6. The first kappa shape index (κ1) is 22.5. The summed E-state index contributed by atoms with van der Waals surface area (Å²) in [4.78, 5) is 38.9. The van der Waals surface area contributed by atoms with Gasteiger partial charge in [-0.2, -0.15) is 0 Å². The highest BCUT2D eigenvalue weighted by Crippen LogP contribution is 2.08. The molecule has 1 fully saturated rings. The van der Waals surface area contributed by atoms with Crippen LogP contribution in [-0.4, -0.2) is 61.5 Å². The van der Waals surface area contributed by atoms with E-state index in [0.29, 0.717) is 45.6 Å². The van der Waals surface area contributed by atoms with Gasteiger partial charge in [-0.15, -0.1) is 0 Å². The minimum absolute atomic E-state index is 0.300. The lowest BCUT2D eigenvalue weighted by Crippen LogP contribution is -2.55. The topological polar surface area (TPSA) is 87.7 Å². The molecule has 0 aliphatic carbocycles. The molecule has 2 atom stereocenters. The van der Waals surface area contributed by atoms with Crippen LogP contribution in [0.5, 0.6) is 0 Å². The van der Waals surface area contributed by atoms with Crippen LogP contribution in [0.15, 0.2) is 60.7 Å². The number of hydrogen-bond acceptors (Lipinski definition) is 4. The molecule has 2 N–H and O–H groups in total. The van der Waals surface area contributed by atoms with Crippen LogP contribution in [0.2, 0.25) is 0 Å². The molecule has 3 amide bonds. The third kappa shape index (κ3) is 7.22. The molecule has 2 aromatic rings. The van der Waals surface area contributed by atoms with Gasteiger partial charge < -0.3 is 25.1 Å². The van der Waals surface area contributed by atoms with E-state index in [1.165, 1.54) is 0 Å². The number of morpholine rings is 1. The molecule has 0 radical (unpaired) electrons. The number of nitrogens with zero attached hydrogens (tertiary/aromatic N) is 1. The van der Waals surface area contributed by atoms with Gasteiger partial charge in [-0.3, -0.25) is 4.79 Å². The van der Waals surface area contributed by atoms with Gasteiger partial charge in [0, 0.05) is 19.5 Å². The second-order valence-electron chi connectivity index (χ2n) is 7.57. The Morgan fingerprint density at radius 2 is 1.55 bits per heavy atom. The highest BCUT2D eigenvalue weighted by molar-refractivity contribution is 5.89. The van der Waals surface area contributed by atoms with Crippen LogP contribution >= 0.6 is 0 Å². The van der Waals surface area contributed by atoms with E-state index in [4.69, 9.17) is 4.74 Å². The minimum Gasteiger partial charge on any atom is -0.378 e. The van der Waals surface area contributed by atoms with Crippen molar-refractivity contribution in [2.75, 3.05) is 26.3 Å². The zero-order valence-corrected chi connectivity index (χ0v) is 17.5. The molecule has 0 aromatic heterocycles. The Hall–Kier alpha value is -3.19. The zero-order valence-electron chi connectivity index (χ0n) is 17.5. The molecule has 0 bridgehead atoms. The Kier molecular flexibility index (Phi) is 8.60. The van der Waals surface area contributed by atoms with Crippen molar-refractivity contribution in [2.24, 2.45) is 0 Å². The number of amides is 3. The summed E-state index contributed by atoms with van der Waals surface area (Å²) in [6.07, 6.45) is 2.26. The van der Waals surface area contributed by atoms with Gasteiger partial charge in [-0.25, -0.2) is 4.79 Å². The molecular formula is C24H29N3O4. The Bertz CT molecular complexity index is 838. The minimum atomic E-state index is -0.781. The molecule has 7 heteroatoms. The summed E-state index contributed by atoms with van der Waals surface area (Å²) in [6, 6.07) is 17.6. The molecule has 7 nitrogen and oxygen atoms in total. The maximum atomic E-state index is 13.0. The molecule has 1 aliphatic heterocycles. The highest BCUT2D eigenvalue weighted by Gasteiger charge is 2.26. The van der Waals surface area contributed by atoms with Crippen molar-refractivity contribution in [3.8, 4) is 0 Å². The van der Waals surface area contributed by atoms with E-state index >= 15 is 0 Å². The third-order valence-electron chi connectivity index (χ3n) is 5.27. The number of nitrogens with one attached hydrogen (secondary N) is 2. The predicted molar refractivity (Wildman–Crippen MR) is 118 cm³/mol. The number of rotatable bonds is 9. The van der Waals surface area contributed by atoms with Crippen LogP contribution in [0.4, 0.5) is 4.79 Å². The summed E-state index contributed by atoms with van der Waals surface area (Å²) in [5.74, 6) is -0.365. The number of benzene rings is 2. The molecule has 1 aliphatic rings. The smallest absolute Gasteiger partial charge is 0.318 e. The van der Waals surface area contributed by atoms with Crippen LogP contribution in [0.1, 0.15) is 17.5 Å². The molecule has 3 rings (SSSR count). The van der Waals surface area contributed by atoms with E-state index in [-0.39, 0.29) is 11.9 Å². The van der Waals surface area contributed by atoms with Crippen molar-refractivity contribution in [3.05, 3.63) is 71.8 Å². The van der Waals surface area contributed by atoms with Crippen molar-refractivity contribution in [2.45, 2.75) is 31.3 Å². The third-order valence-corrected chi connectivity index (χ3v) is 5.27. The summed E-state index contributed by atoms with van der Waals surface area (Å²) >= 11 is 0. The normalized spacial score (nSPS) is 15.5. The Balaban J connectivity index is 1.63. The number of hydrogen-bond donors (Lipinski definition) is 2. The van der Waals surface area contributed by atoms with Crippen molar-refractivity contribution in [1.82, 2.24) is 15.5 Å². The van der Waals surface area contributed by atoms with Crippen molar-refractivity contribution in [3.63, 3.8) is 0 Å². The summed E-state index contributed by atoms with van der Waals surface area (Å²) < 4.78 is 5.29. The van der Waals surface area contributed by atoms with Crippen LogP contribution in [0, 0.1) is 0 Å². The maximum Gasteiger partial charge on any atom is 0.318 e. The number of ether oxygens (including phenoxy) is 1. The van der Waals surface area contributed by atoms with E-state index in [1.807, 2.05) is 60.7 Å². The largest absolute Gasteiger partial charge is 0.378 e. The fourth-order valence-electron chi connectivity index (χ4n) is 3.49. The number of carbonyl (C=O) groups is 3. The van der Waals surface area contributed by atoms with E-state index in [2.05, 4.69) is 10.6 Å². The van der Waals surface area contributed by atoms with Gasteiger partial charge in [-0.1, -0.05) is 60.7 Å². The molecule has 0 saturated carbocycles. The van der Waals surface area contributed by atoms with Crippen LogP contribution in [0.3, 0.4) is 0 Å². The second kappa shape index (κ2) is 11.9. The van der Waals surface area contributed by atoms with Gasteiger partial charge in [0.05, 0.1) is 19.3 Å².